The number of rotatable bonds is 13. The molecule has 2 aromatic heterocycles. The number of nitrogens with one attached hydrogen (secondary N) is 1. The van der Waals surface area contributed by atoms with E-state index in [0.29, 0.717) is 42.5 Å². The molecule has 1 fully saturated rings. The van der Waals surface area contributed by atoms with Gasteiger partial charge in [-0.1, -0.05) is 13.8 Å². The van der Waals surface area contributed by atoms with Gasteiger partial charge in [0.05, 0.1) is 42.0 Å². The van der Waals surface area contributed by atoms with Crippen molar-refractivity contribution in [1.82, 2.24) is 14.9 Å². The van der Waals surface area contributed by atoms with Crippen molar-refractivity contribution in [2.24, 2.45) is 0 Å². The number of hydrogen-bond acceptors (Lipinski definition) is 11. The van der Waals surface area contributed by atoms with E-state index in [1.807, 2.05) is 13.8 Å². The van der Waals surface area contributed by atoms with Gasteiger partial charge in [0.25, 0.3) is 5.56 Å². The van der Waals surface area contributed by atoms with E-state index in [1.54, 1.807) is 35.8 Å². The number of aryl methyl sites for hydroxylation is 1. The molecule has 0 radical (unpaired) electrons. The summed E-state index contributed by atoms with van der Waals surface area (Å²) in [4.78, 5) is 79.7. The molecule has 0 saturated carbocycles. The fourth-order valence-electron chi connectivity index (χ4n) is 6.07. The van der Waals surface area contributed by atoms with Crippen molar-refractivity contribution in [3.8, 4) is 17.1 Å². The number of ether oxygens (including phenoxy) is 4. The van der Waals surface area contributed by atoms with Gasteiger partial charge in [0, 0.05) is 42.9 Å². The zero-order chi connectivity index (χ0) is 33.8. The first-order valence-electron chi connectivity index (χ1n) is 15.6. The molecule has 3 aromatic rings. The van der Waals surface area contributed by atoms with Crippen LogP contribution < -0.4 is 15.6 Å². The van der Waals surface area contributed by atoms with Gasteiger partial charge >= 0.3 is 17.9 Å². The summed E-state index contributed by atoms with van der Waals surface area (Å²) in [5.74, 6) is -1.83. The second kappa shape index (κ2) is 14.2. The van der Waals surface area contributed by atoms with Gasteiger partial charge in [-0.15, -0.1) is 0 Å². The van der Waals surface area contributed by atoms with Crippen molar-refractivity contribution in [1.29, 1.82) is 0 Å². The normalized spacial score (nSPS) is 17.1. The van der Waals surface area contributed by atoms with Gasteiger partial charge in [0.1, 0.15) is 17.9 Å². The maximum Gasteiger partial charge on any atom is 0.329 e. The van der Waals surface area contributed by atoms with Crippen LogP contribution in [0.5, 0.6) is 5.75 Å². The summed E-state index contributed by atoms with van der Waals surface area (Å²) < 4.78 is 22.9. The summed E-state index contributed by atoms with van der Waals surface area (Å²) in [6.45, 7) is 5.67. The van der Waals surface area contributed by atoms with E-state index in [-0.39, 0.29) is 61.0 Å². The molecule has 0 aliphatic carbocycles. The lowest BCUT2D eigenvalue weighted by molar-refractivity contribution is -0.152. The highest BCUT2D eigenvalue weighted by Gasteiger charge is 2.33. The molecule has 13 nitrogen and oxygen atoms in total. The number of pyridine rings is 2. The Hall–Kier alpha value is -4.91. The van der Waals surface area contributed by atoms with E-state index in [0.717, 1.165) is 16.5 Å². The molecule has 3 atom stereocenters. The molecular weight excluding hydrogens is 610 g/mol. The molecule has 47 heavy (non-hydrogen) atoms. The summed E-state index contributed by atoms with van der Waals surface area (Å²) in [5, 5.41) is 3.33. The van der Waals surface area contributed by atoms with Crippen molar-refractivity contribution in [3.05, 3.63) is 56.9 Å². The first kappa shape index (κ1) is 33.5. The minimum absolute atomic E-state index is 0.0841. The zero-order valence-corrected chi connectivity index (χ0v) is 26.8. The Morgan fingerprint density at radius 1 is 1.11 bits per heavy atom. The monoisotopic (exact) mass is 647 g/mol. The summed E-state index contributed by atoms with van der Waals surface area (Å²) in [6.07, 6.45) is 0.247. The molecule has 1 N–H and O–H groups in total. The fraction of sp³-hybridized carbons (Fsp3) is 0.441. The van der Waals surface area contributed by atoms with Crippen LogP contribution in [0.2, 0.25) is 0 Å². The van der Waals surface area contributed by atoms with Crippen LogP contribution >= 0.6 is 0 Å². The van der Waals surface area contributed by atoms with Gasteiger partial charge < -0.3 is 28.8 Å². The van der Waals surface area contributed by atoms with Crippen LogP contribution in [0, 0.1) is 0 Å². The van der Waals surface area contributed by atoms with Gasteiger partial charge in [-0.05, 0) is 49.6 Å². The summed E-state index contributed by atoms with van der Waals surface area (Å²) in [7, 11) is 1.44. The van der Waals surface area contributed by atoms with E-state index in [2.05, 4.69) is 5.32 Å². The average Bonchev–Trinajstić information content (AvgIpc) is 3.56. The second-order valence-corrected chi connectivity index (χ2v) is 11.6. The summed E-state index contributed by atoms with van der Waals surface area (Å²) in [6, 6.07) is 5.96. The van der Waals surface area contributed by atoms with Crippen LogP contribution in [0.3, 0.4) is 0 Å². The Morgan fingerprint density at radius 3 is 2.55 bits per heavy atom. The number of aldehydes is 1. The highest BCUT2D eigenvalue weighted by Crippen LogP contribution is 2.38. The Labute approximate surface area is 270 Å². The maximum absolute atomic E-state index is 13.8. The van der Waals surface area contributed by atoms with Gasteiger partial charge in [0.15, 0.2) is 12.4 Å². The van der Waals surface area contributed by atoms with E-state index >= 15 is 0 Å². The number of carbonyl (C=O) groups is 5. The molecule has 1 saturated heterocycles. The summed E-state index contributed by atoms with van der Waals surface area (Å²) in [5.41, 5.74) is 3.46. The third-order valence-electron chi connectivity index (χ3n) is 8.25. The molecule has 13 heteroatoms. The average molecular weight is 648 g/mol. The molecule has 0 bridgehead atoms. The van der Waals surface area contributed by atoms with E-state index in [4.69, 9.17) is 23.9 Å². The number of cyclic esters (lactones) is 1. The highest BCUT2D eigenvalue weighted by molar-refractivity contribution is 5.90. The number of carbonyl (C=O) groups excluding carboxylic acids is 5. The molecule has 4 heterocycles. The van der Waals surface area contributed by atoms with Crippen LogP contribution in [-0.2, 0) is 57.8 Å². The SMILES string of the molecule is CCCC(=O)OC(C=O)c1cc2n(c(=O)c1COC)Cc1c-2nc2ccc(OC(=O)CCC(=O)NC3CC(C)OC3=O)cc2c1CC. The van der Waals surface area contributed by atoms with Crippen LogP contribution in [0.15, 0.2) is 29.1 Å². The van der Waals surface area contributed by atoms with Crippen LogP contribution in [0.1, 0.15) is 81.2 Å². The molecule has 1 aromatic carbocycles. The molecule has 2 aliphatic rings. The van der Waals surface area contributed by atoms with Gasteiger partial charge in [-0.25, -0.2) is 9.78 Å². The number of aromatic nitrogens is 2. The molecule has 248 valence electrons. The molecule has 5 rings (SSSR count). The molecular formula is C34H37N3O10. The molecule has 2 aliphatic heterocycles. The lowest BCUT2D eigenvalue weighted by atomic mass is 9.98. The summed E-state index contributed by atoms with van der Waals surface area (Å²) >= 11 is 0. The van der Waals surface area contributed by atoms with Crippen LogP contribution in [0.25, 0.3) is 22.3 Å². The standard InChI is InChI=1S/C34H37N3O10/c1-5-7-30(40)47-28(16-38)22-14-27-32-23(15-37(27)33(42)24(22)17-44-4)20(6-2)21-13-19(8-9-25(21)36-32)46-31(41)11-10-29(39)35-26-12-18(3)45-34(26)43/h8-9,13-14,16,18,26,28H,5-7,10-12,15,17H2,1-4H3,(H,35,39). The van der Waals surface area contributed by atoms with Crippen molar-refractivity contribution in [2.75, 3.05) is 7.11 Å². The number of fused-ring (bicyclic) bond motifs is 4. The number of nitrogens with zero attached hydrogens (tertiary/aromatic N) is 2. The first-order chi connectivity index (χ1) is 22.6. The van der Waals surface area contributed by atoms with Gasteiger partial charge in [-0.2, -0.15) is 0 Å². The third kappa shape index (κ3) is 6.94. The first-order valence-corrected chi connectivity index (χ1v) is 15.6. The van der Waals surface area contributed by atoms with Gasteiger partial charge in [0.2, 0.25) is 5.91 Å². The zero-order valence-electron chi connectivity index (χ0n) is 26.8. The van der Waals surface area contributed by atoms with E-state index in [1.165, 1.54) is 7.11 Å². The van der Waals surface area contributed by atoms with E-state index < -0.39 is 36.0 Å². The van der Waals surface area contributed by atoms with Crippen molar-refractivity contribution in [2.45, 2.75) is 90.7 Å². The molecule has 0 spiro atoms. The maximum atomic E-state index is 13.8. The van der Waals surface area contributed by atoms with Crippen LogP contribution in [-0.4, -0.2) is 58.9 Å². The quantitative estimate of drug-likeness (QED) is 0.128. The number of hydrogen-bond donors (Lipinski definition) is 1. The van der Waals surface area contributed by atoms with Crippen LogP contribution in [0.4, 0.5) is 0 Å². The number of amides is 1. The molecule has 1 amide bonds. The Bertz CT molecular complexity index is 1810. The Kier molecular flexibility index (Phi) is 10.1. The van der Waals surface area contributed by atoms with Gasteiger partial charge in [-0.3, -0.25) is 24.0 Å². The predicted octanol–water partition coefficient (Wildman–Crippen LogP) is 3.22. The molecule has 3 unspecified atom stereocenters. The Morgan fingerprint density at radius 2 is 1.89 bits per heavy atom. The van der Waals surface area contributed by atoms with E-state index in [9.17, 15) is 28.8 Å². The number of benzene rings is 1. The lowest BCUT2D eigenvalue weighted by Crippen LogP contribution is -2.38. The lowest BCUT2D eigenvalue weighted by Gasteiger charge is -2.18. The predicted molar refractivity (Wildman–Crippen MR) is 167 cm³/mol. The minimum Gasteiger partial charge on any atom is -0.461 e. The van der Waals surface area contributed by atoms with Crippen molar-refractivity contribution in [3.63, 3.8) is 0 Å². The topological polar surface area (TPSA) is 169 Å². The smallest absolute Gasteiger partial charge is 0.329 e. The number of methoxy groups -OCH3 is 1. The fourth-order valence-corrected chi connectivity index (χ4v) is 6.07. The third-order valence-corrected chi connectivity index (χ3v) is 8.25. The van der Waals surface area contributed by atoms with Crippen molar-refractivity contribution < 1.29 is 42.9 Å². The Balaban J connectivity index is 1.40. The van der Waals surface area contributed by atoms with Crippen molar-refractivity contribution >= 4 is 41.0 Å². The largest absolute Gasteiger partial charge is 0.461 e. The minimum atomic E-state index is -1.28. The second-order valence-electron chi connectivity index (χ2n) is 11.6. The highest BCUT2D eigenvalue weighted by atomic mass is 16.6. The number of esters is 3.